The number of nitrogens with zero attached hydrogens (tertiary/aromatic N) is 3. The Morgan fingerprint density at radius 2 is 2.33 bits per heavy atom. The van der Waals surface area contributed by atoms with Crippen LogP contribution in [0, 0.1) is 0 Å². The van der Waals surface area contributed by atoms with Crippen molar-refractivity contribution in [2.45, 2.75) is 11.8 Å². The highest BCUT2D eigenvalue weighted by Gasteiger charge is 2.22. The predicted molar refractivity (Wildman–Crippen MR) is 75.8 cm³/mol. The van der Waals surface area contributed by atoms with Gasteiger partial charge in [0, 0.05) is 29.2 Å². The third-order valence-corrected chi connectivity index (χ3v) is 6.11. The van der Waals surface area contributed by atoms with E-state index in [0.717, 1.165) is 28.0 Å². The third kappa shape index (κ3) is 2.56. The van der Waals surface area contributed by atoms with Crippen LogP contribution in [0.25, 0.3) is 11.6 Å². The van der Waals surface area contributed by atoms with Gasteiger partial charge in [0.15, 0.2) is 5.82 Å². The standard InChI is InChI=1S/C10H12N4OS3/c11-3-8-12-6(4-18-8)10-13-9(14-15-10)7-5-16-1-2-17-7/h4,7H,1-3,5,11H2. The summed E-state index contributed by atoms with van der Waals surface area (Å²) in [4.78, 5) is 8.79. The zero-order chi connectivity index (χ0) is 12.4. The van der Waals surface area contributed by atoms with Crippen LogP contribution >= 0.6 is 34.9 Å². The van der Waals surface area contributed by atoms with E-state index in [2.05, 4.69) is 15.1 Å². The first-order valence-electron chi connectivity index (χ1n) is 5.54. The zero-order valence-electron chi connectivity index (χ0n) is 9.54. The van der Waals surface area contributed by atoms with Crippen LogP contribution < -0.4 is 5.73 Å². The molecular formula is C10H12N4OS3. The van der Waals surface area contributed by atoms with E-state index >= 15 is 0 Å². The highest BCUT2D eigenvalue weighted by molar-refractivity contribution is 8.06. The molecule has 0 saturated carbocycles. The van der Waals surface area contributed by atoms with E-state index < -0.39 is 0 Å². The van der Waals surface area contributed by atoms with Gasteiger partial charge in [-0.1, -0.05) is 5.16 Å². The molecule has 1 atom stereocenters. The number of thioether (sulfide) groups is 2. The van der Waals surface area contributed by atoms with E-state index in [9.17, 15) is 0 Å². The average Bonchev–Trinajstić information content (AvgIpc) is 3.08. The minimum Gasteiger partial charge on any atom is -0.332 e. The summed E-state index contributed by atoms with van der Waals surface area (Å²) < 4.78 is 5.28. The van der Waals surface area contributed by atoms with Gasteiger partial charge < -0.3 is 10.3 Å². The fourth-order valence-corrected chi connectivity index (χ4v) is 4.85. The van der Waals surface area contributed by atoms with Crippen molar-refractivity contribution in [3.63, 3.8) is 0 Å². The molecule has 0 bridgehead atoms. The Bertz CT molecular complexity index is 521. The molecule has 0 aliphatic carbocycles. The molecule has 2 N–H and O–H groups in total. The van der Waals surface area contributed by atoms with Crippen LogP contribution in [0.5, 0.6) is 0 Å². The second-order valence-corrected chi connectivity index (χ2v) is 7.13. The number of rotatable bonds is 3. The van der Waals surface area contributed by atoms with Crippen molar-refractivity contribution in [3.05, 3.63) is 16.2 Å². The van der Waals surface area contributed by atoms with Gasteiger partial charge in [0.2, 0.25) is 0 Å². The molecule has 3 rings (SSSR count). The van der Waals surface area contributed by atoms with Crippen molar-refractivity contribution in [2.75, 3.05) is 17.3 Å². The van der Waals surface area contributed by atoms with Crippen molar-refractivity contribution in [1.82, 2.24) is 15.1 Å². The summed E-state index contributed by atoms with van der Waals surface area (Å²) in [5.41, 5.74) is 6.27. The molecule has 0 amide bonds. The Labute approximate surface area is 117 Å². The molecule has 0 radical (unpaired) electrons. The summed E-state index contributed by atoms with van der Waals surface area (Å²) in [6.45, 7) is 0.445. The number of nitrogens with two attached hydrogens (primary N) is 1. The maximum absolute atomic E-state index is 5.54. The zero-order valence-corrected chi connectivity index (χ0v) is 12.0. The Hall–Kier alpha value is -0.570. The molecule has 0 spiro atoms. The molecule has 1 aliphatic rings. The largest absolute Gasteiger partial charge is 0.332 e. The number of hydrogen-bond donors (Lipinski definition) is 1. The summed E-state index contributed by atoms with van der Waals surface area (Å²) in [6.07, 6.45) is 0. The van der Waals surface area contributed by atoms with Crippen LogP contribution in [0.1, 0.15) is 16.1 Å². The molecule has 8 heteroatoms. The lowest BCUT2D eigenvalue weighted by Gasteiger charge is -2.16. The van der Waals surface area contributed by atoms with Crippen LogP contribution in [0.3, 0.4) is 0 Å². The fraction of sp³-hybridized carbons (Fsp3) is 0.500. The average molecular weight is 300 g/mol. The Morgan fingerprint density at radius 1 is 1.39 bits per heavy atom. The van der Waals surface area contributed by atoms with E-state index in [4.69, 9.17) is 10.3 Å². The van der Waals surface area contributed by atoms with E-state index in [-0.39, 0.29) is 0 Å². The maximum atomic E-state index is 5.54. The van der Waals surface area contributed by atoms with E-state index in [0.29, 0.717) is 17.7 Å². The lowest BCUT2D eigenvalue weighted by molar-refractivity contribution is 0.422. The Morgan fingerprint density at radius 3 is 3.06 bits per heavy atom. The third-order valence-electron chi connectivity index (χ3n) is 2.49. The highest BCUT2D eigenvalue weighted by Crippen LogP contribution is 2.35. The van der Waals surface area contributed by atoms with Crippen LogP contribution in [-0.2, 0) is 6.54 Å². The van der Waals surface area contributed by atoms with Gasteiger partial charge in [-0.3, -0.25) is 0 Å². The first-order chi connectivity index (χ1) is 8.86. The molecular weight excluding hydrogens is 288 g/mol. The van der Waals surface area contributed by atoms with E-state index in [1.165, 1.54) is 17.1 Å². The molecule has 2 aromatic rings. The van der Waals surface area contributed by atoms with E-state index in [1.807, 2.05) is 28.9 Å². The van der Waals surface area contributed by atoms with Gasteiger partial charge in [0.25, 0.3) is 5.89 Å². The number of thiazole rings is 1. The molecule has 18 heavy (non-hydrogen) atoms. The quantitative estimate of drug-likeness (QED) is 0.930. The van der Waals surface area contributed by atoms with Crippen molar-refractivity contribution >= 4 is 34.9 Å². The lowest BCUT2D eigenvalue weighted by atomic mass is 10.4. The van der Waals surface area contributed by atoms with Gasteiger partial charge in [0.1, 0.15) is 10.7 Å². The highest BCUT2D eigenvalue weighted by atomic mass is 32.2. The molecule has 96 valence electrons. The summed E-state index contributed by atoms with van der Waals surface area (Å²) in [6, 6.07) is 0. The first-order valence-corrected chi connectivity index (χ1v) is 8.63. The minimum absolute atomic E-state index is 0.342. The monoisotopic (exact) mass is 300 g/mol. The van der Waals surface area contributed by atoms with Crippen molar-refractivity contribution in [1.29, 1.82) is 0 Å². The van der Waals surface area contributed by atoms with Crippen LogP contribution in [0.2, 0.25) is 0 Å². The topological polar surface area (TPSA) is 77.8 Å². The van der Waals surface area contributed by atoms with E-state index in [1.54, 1.807) is 0 Å². The molecule has 2 aromatic heterocycles. The SMILES string of the molecule is NCc1nc(-c2nc(C3CSCCS3)no2)cs1. The molecule has 1 unspecified atom stereocenters. The maximum Gasteiger partial charge on any atom is 0.277 e. The van der Waals surface area contributed by atoms with Crippen LogP contribution in [0.15, 0.2) is 9.90 Å². The molecule has 3 heterocycles. The van der Waals surface area contributed by atoms with Crippen molar-refractivity contribution < 1.29 is 4.52 Å². The summed E-state index contributed by atoms with van der Waals surface area (Å²) in [7, 11) is 0. The summed E-state index contributed by atoms with van der Waals surface area (Å²) >= 11 is 5.34. The smallest absolute Gasteiger partial charge is 0.277 e. The van der Waals surface area contributed by atoms with Gasteiger partial charge >= 0.3 is 0 Å². The molecule has 1 fully saturated rings. The summed E-state index contributed by atoms with van der Waals surface area (Å²) in [5.74, 6) is 4.68. The van der Waals surface area contributed by atoms with Gasteiger partial charge in [0.05, 0.1) is 5.25 Å². The molecule has 1 saturated heterocycles. The number of aromatic nitrogens is 3. The Balaban J connectivity index is 1.79. The molecule has 1 aliphatic heterocycles. The lowest BCUT2D eigenvalue weighted by Crippen LogP contribution is -2.07. The second kappa shape index (κ2) is 5.60. The van der Waals surface area contributed by atoms with Crippen molar-refractivity contribution in [2.24, 2.45) is 5.73 Å². The normalized spacial score (nSPS) is 20.2. The van der Waals surface area contributed by atoms with Gasteiger partial charge in [-0.25, -0.2) is 4.98 Å². The first kappa shape index (κ1) is 12.5. The predicted octanol–water partition coefficient (Wildman–Crippen LogP) is 2.17. The molecule has 5 nitrogen and oxygen atoms in total. The summed E-state index contributed by atoms with van der Waals surface area (Å²) in [5, 5.41) is 7.19. The Kier molecular flexibility index (Phi) is 3.88. The van der Waals surface area contributed by atoms with Gasteiger partial charge in [-0.05, 0) is 0 Å². The number of hydrogen-bond acceptors (Lipinski definition) is 8. The molecule has 0 aromatic carbocycles. The van der Waals surface area contributed by atoms with Crippen LogP contribution in [-0.4, -0.2) is 32.4 Å². The fourth-order valence-electron chi connectivity index (χ4n) is 1.61. The van der Waals surface area contributed by atoms with Gasteiger partial charge in [-0.15, -0.1) is 23.1 Å². The second-order valence-electron chi connectivity index (χ2n) is 3.72. The van der Waals surface area contributed by atoms with Crippen LogP contribution in [0.4, 0.5) is 0 Å². The minimum atomic E-state index is 0.342. The van der Waals surface area contributed by atoms with Gasteiger partial charge in [-0.2, -0.15) is 16.7 Å². The van der Waals surface area contributed by atoms with Crippen molar-refractivity contribution in [3.8, 4) is 11.6 Å².